The maximum Gasteiger partial charge on any atom is 0.373 e. The molecule has 18 heteroatoms. The standard InChI is InChI=1S/C30H25NO6.C29H23NO6.C2H4O2.C2H6.CO2/c1-31(19-8-12-22(13-9-19)36-18-34-2)20-10-14-25-27(16-20)37-28-17-21(32)11-15-26(28)29(25)23-6-4-5-7-24(23)30(33)35-3;1-30(18-7-11-21(12-8-18)34-17-33-2)19-9-13-24-26(15-19)35-27-16-20(31)10-14-25(27)29(24)23-6-4-3-5-22(23)28(32)36-29;1-4-2-3;1-2;2-1-3/h4-17H,18H2,1-3H3;3-16,31H,17H2,1-2H3;2H,1H3;1-2H3;. The zero-order chi connectivity index (χ0) is 58.9. The van der Waals surface area contributed by atoms with Gasteiger partial charge in [0.05, 0.1) is 25.3 Å². The van der Waals surface area contributed by atoms with Crippen molar-refractivity contribution < 1.29 is 71.4 Å². The molecule has 0 radical (unpaired) electrons. The number of ether oxygens (including phenoxy) is 8. The molecule has 0 saturated heterocycles. The Labute approximate surface area is 472 Å². The van der Waals surface area contributed by atoms with Crippen LogP contribution in [-0.2, 0) is 43.7 Å². The van der Waals surface area contributed by atoms with E-state index >= 15 is 0 Å². The third-order valence-electron chi connectivity index (χ3n) is 13.0. The van der Waals surface area contributed by atoms with Crippen molar-refractivity contribution in [3.63, 3.8) is 0 Å². The molecular formula is C64H58N2O16. The lowest BCUT2D eigenvalue weighted by Gasteiger charge is -2.37. The number of methoxy groups -OCH3 is 4. The summed E-state index contributed by atoms with van der Waals surface area (Å²) in [6.07, 6.45) is 0.250. The highest BCUT2D eigenvalue weighted by Gasteiger charge is 2.53. The number of phenols is 1. The molecule has 18 nitrogen and oxygen atoms in total. The van der Waals surface area contributed by atoms with Crippen LogP contribution < -0.4 is 29.4 Å². The van der Waals surface area contributed by atoms with Crippen molar-refractivity contribution in [1.82, 2.24) is 0 Å². The summed E-state index contributed by atoms with van der Waals surface area (Å²) in [5.74, 6) is 2.07. The summed E-state index contributed by atoms with van der Waals surface area (Å²) in [5.41, 5.74) is 8.21. The van der Waals surface area contributed by atoms with Gasteiger partial charge in [-0.15, -0.1) is 0 Å². The predicted octanol–water partition coefficient (Wildman–Crippen LogP) is 12.0. The molecule has 1 N–H and O–H groups in total. The van der Waals surface area contributed by atoms with Crippen LogP contribution in [0.4, 0.5) is 22.7 Å². The maximum absolute atomic E-state index is 12.9. The highest BCUT2D eigenvalue weighted by Crippen LogP contribution is 2.57. The smallest absolute Gasteiger partial charge is 0.373 e. The molecule has 1 spiro atoms. The molecule has 11 rings (SSSR count). The fraction of sp³-hybridized carbons (Fsp3) is 0.172. The number of carbonyl (C=O) groups excluding carboxylic acids is 5. The first-order valence-electron chi connectivity index (χ1n) is 25.4. The van der Waals surface area contributed by atoms with Gasteiger partial charge in [0, 0.05) is 109 Å². The fourth-order valence-corrected chi connectivity index (χ4v) is 9.29. The van der Waals surface area contributed by atoms with Gasteiger partial charge in [0.1, 0.15) is 40.1 Å². The molecule has 0 amide bonds. The molecule has 3 aliphatic heterocycles. The summed E-state index contributed by atoms with van der Waals surface area (Å²) in [5, 5.41) is 11.0. The van der Waals surface area contributed by atoms with Crippen molar-refractivity contribution in [1.29, 1.82) is 0 Å². The van der Waals surface area contributed by atoms with Crippen LogP contribution in [0.3, 0.4) is 0 Å². The van der Waals surface area contributed by atoms with Crippen molar-refractivity contribution in [3.05, 3.63) is 208 Å². The van der Waals surface area contributed by atoms with Gasteiger partial charge in [-0.05, 0) is 115 Å². The molecule has 1 atom stereocenters. The van der Waals surface area contributed by atoms with Gasteiger partial charge >= 0.3 is 18.1 Å². The van der Waals surface area contributed by atoms with E-state index in [1.807, 2.05) is 153 Å². The molecule has 0 saturated carbocycles. The number of anilines is 4. The van der Waals surface area contributed by atoms with Crippen LogP contribution in [0.5, 0.6) is 28.7 Å². The average molecular weight is 1110 g/mol. The van der Waals surface area contributed by atoms with E-state index in [4.69, 9.17) is 52.0 Å². The largest absolute Gasteiger partial charge is 0.508 e. The van der Waals surface area contributed by atoms with Crippen molar-refractivity contribution in [2.24, 2.45) is 0 Å². The van der Waals surface area contributed by atoms with Crippen molar-refractivity contribution in [2.45, 2.75) is 19.4 Å². The zero-order valence-electron chi connectivity index (χ0n) is 46.1. The number of carbonyl (C=O) groups is 3. The lowest BCUT2D eigenvalue weighted by atomic mass is 9.77. The van der Waals surface area contributed by atoms with Crippen LogP contribution in [0, 0.1) is 0 Å². The Hall–Kier alpha value is -10.3. The number of phenolic OH excluding ortho intramolecular Hbond substituents is 1. The molecule has 0 bridgehead atoms. The number of hydrogen-bond donors (Lipinski definition) is 1. The molecule has 4 aliphatic rings. The van der Waals surface area contributed by atoms with Gasteiger partial charge in [0.15, 0.2) is 24.6 Å². The Morgan fingerprint density at radius 3 is 1.72 bits per heavy atom. The highest BCUT2D eigenvalue weighted by molar-refractivity contribution is 6.08. The number of benzene rings is 8. The Balaban J connectivity index is 0.000000207. The first-order chi connectivity index (χ1) is 39.8. The number of rotatable bonds is 13. The van der Waals surface area contributed by atoms with E-state index in [0.29, 0.717) is 63.1 Å². The minimum atomic E-state index is -1.16. The zero-order valence-corrected chi connectivity index (χ0v) is 46.1. The second-order valence-electron chi connectivity index (χ2n) is 17.6. The van der Waals surface area contributed by atoms with Crippen LogP contribution in [0.1, 0.15) is 51.3 Å². The van der Waals surface area contributed by atoms with Crippen LogP contribution in [0.2, 0.25) is 0 Å². The van der Waals surface area contributed by atoms with Gasteiger partial charge in [-0.3, -0.25) is 9.59 Å². The molecule has 1 unspecified atom stereocenters. The molecule has 420 valence electrons. The lowest BCUT2D eigenvalue weighted by Crippen LogP contribution is -2.33. The number of esters is 2. The molecule has 1 aliphatic carbocycles. The van der Waals surface area contributed by atoms with E-state index < -0.39 is 17.5 Å². The molecule has 82 heavy (non-hydrogen) atoms. The second-order valence-corrected chi connectivity index (χ2v) is 17.6. The average Bonchev–Trinajstić information content (AvgIpc) is 3.41. The van der Waals surface area contributed by atoms with E-state index in [1.54, 1.807) is 56.7 Å². The third-order valence-corrected chi connectivity index (χ3v) is 13.0. The predicted molar refractivity (Wildman–Crippen MR) is 306 cm³/mol. The minimum Gasteiger partial charge on any atom is -0.508 e. The van der Waals surface area contributed by atoms with Gasteiger partial charge in [0.2, 0.25) is 0 Å². The van der Waals surface area contributed by atoms with Gasteiger partial charge < -0.3 is 57.2 Å². The van der Waals surface area contributed by atoms with E-state index in [2.05, 4.69) is 4.74 Å². The minimum absolute atomic E-state index is 0.0639. The normalized spacial score (nSPS) is 12.9. The third kappa shape index (κ3) is 12.6. The van der Waals surface area contributed by atoms with Crippen LogP contribution >= 0.6 is 0 Å². The second kappa shape index (κ2) is 27.6. The SMILES string of the molecule is CC.COC=O.COCOc1ccc(N(C)c2ccc3c(-c4ccccc4C(=O)OC)c4ccc(=O)cc-4oc3c2)cc1.COCOc1ccc(N(C)c2ccc3c(c2)Oc2cc(O)ccc2C32OC(=O)c3ccccc32)cc1.O=C=O. The number of hydrogen-bond acceptors (Lipinski definition) is 18. The van der Waals surface area contributed by atoms with E-state index in [0.717, 1.165) is 50.4 Å². The molecule has 0 aromatic heterocycles. The lowest BCUT2D eigenvalue weighted by molar-refractivity contribution is -0.191. The Bertz CT molecular complexity index is 3740. The van der Waals surface area contributed by atoms with Crippen molar-refractivity contribution in [3.8, 4) is 51.2 Å². The summed E-state index contributed by atoms with van der Waals surface area (Å²) < 4.78 is 48.4. The van der Waals surface area contributed by atoms with Gasteiger partial charge in [0.25, 0.3) is 6.47 Å². The van der Waals surface area contributed by atoms with E-state index in [-0.39, 0.29) is 30.9 Å². The van der Waals surface area contributed by atoms with Gasteiger partial charge in [-0.25, -0.2) is 9.59 Å². The summed E-state index contributed by atoms with van der Waals surface area (Å²) in [7, 11) is 9.74. The van der Waals surface area contributed by atoms with Crippen molar-refractivity contribution in [2.75, 3.05) is 65.9 Å². The molecule has 7 aromatic rings. The van der Waals surface area contributed by atoms with Crippen molar-refractivity contribution >= 4 is 58.3 Å². The summed E-state index contributed by atoms with van der Waals surface area (Å²) in [6.45, 7) is 4.74. The fourth-order valence-electron chi connectivity index (χ4n) is 9.29. The van der Waals surface area contributed by atoms with E-state index in [1.165, 1.54) is 26.4 Å². The maximum atomic E-state index is 12.9. The summed E-state index contributed by atoms with van der Waals surface area (Å²) in [4.78, 5) is 67.0. The Morgan fingerprint density at radius 1 is 0.610 bits per heavy atom. The summed E-state index contributed by atoms with van der Waals surface area (Å²) in [6, 6.07) is 51.2. The van der Waals surface area contributed by atoms with Gasteiger partial charge in [-0.2, -0.15) is 9.59 Å². The molecule has 7 aromatic carbocycles. The highest BCUT2D eigenvalue weighted by atomic mass is 16.7. The summed E-state index contributed by atoms with van der Waals surface area (Å²) >= 11 is 0. The van der Waals surface area contributed by atoms with Crippen LogP contribution in [-0.4, -0.2) is 85.8 Å². The number of fused-ring (bicyclic) bond motifs is 8. The Kier molecular flexibility index (Phi) is 20.0. The monoisotopic (exact) mass is 1110 g/mol. The topological polar surface area (TPSA) is 216 Å². The van der Waals surface area contributed by atoms with E-state index in [9.17, 15) is 19.5 Å². The van der Waals surface area contributed by atoms with Crippen LogP contribution in [0.25, 0.3) is 33.4 Å². The number of aromatic hydroxyl groups is 1. The quantitative estimate of drug-likeness (QED) is 0.0373. The molecule has 3 heterocycles. The first kappa shape index (κ1) is 59.4. The first-order valence-corrected chi connectivity index (χ1v) is 25.4. The molecule has 0 fully saturated rings. The van der Waals surface area contributed by atoms with Crippen LogP contribution in [0.15, 0.2) is 179 Å². The molecular weight excluding hydrogens is 1050 g/mol. The number of nitrogens with zero attached hydrogens (tertiary/aromatic N) is 2. The van der Waals surface area contributed by atoms with Gasteiger partial charge in [-0.1, -0.05) is 50.2 Å². The Morgan fingerprint density at radius 2 is 1.13 bits per heavy atom.